The summed E-state index contributed by atoms with van der Waals surface area (Å²) in [6.45, 7) is 2.23. The van der Waals surface area contributed by atoms with E-state index < -0.39 is 11.9 Å². The van der Waals surface area contributed by atoms with E-state index in [1.54, 1.807) is 0 Å². The average Bonchev–Trinajstić information content (AvgIpc) is 2.45. The van der Waals surface area contributed by atoms with E-state index in [9.17, 15) is 9.59 Å². The second-order valence-corrected chi connectivity index (χ2v) is 4.73. The van der Waals surface area contributed by atoms with Gasteiger partial charge in [-0.05, 0) is 31.0 Å². The Kier molecular flexibility index (Phi) is 7.25. The lowest BCUT2D eigenvalue weighted by Crippen LogP contribution is -2.24. The number of benzene rings is 1. The standard InChI is InChI=1S/C15H21NO5/c1-11(9-21-10-15(19)20-2)16-13-5-3-4-12(8-13)6-7-14(17)18/h3-5,8,11,16H,6-7,9-10H2,1-2H3,(H,17,18). The normalized spacial score (nSPS) is 11.7. The highest BCUT2D eigenvalue weighted by Gasteiger charge is 2.06. The maximum Gasteiger partial charge on any atom is 0.331 e. The van der Waals surface area contributed by atoms with Gasteiger partial charge in [-0.1, -0.05) is 12.1 Å². The van der Waals surface area contributed by atoms with E-state index in [1.807, 2.05) is 31.2 Å². The fraction of sp³-hybridized carbons (Fsp3) is 0.467. The van der Waals surface area contributed by atoms with Gasteiger partial charge in [-0.3, -0.25) is 4.79 Å². The molecule has 0 bridgehead atoms. The van der Waals surface area contributed by atoms with Crippen LogP contribution in [0.1, 0.15) is 18.9 Å². The molecule has 0 aliphatic rings. The molecule has 116 valence electrons. The maximum absolute atomic E-state index is 10.9. The Balaban J connectivity index is 2.41. The van der Waals surface area contributed by atoms with E-state index >= 15 is 0 Å². The average molecular weight is 295 g/mol. The fourth-order valence-corrected chi connectivity index (χ4v) is 1.77. The fourth-order valence-electron chi connectivity index (χ4n) is 1.77. The van der Waals surface area contributed by atoms with Crippen molar-refractivity contribution in [1.82, 2.24) is 0 Å². The van der Waals surface area contributed by atoms with Crippen molar-refractivity contribution in [3.63, 3.8) is 0 Å². The molecule has 1 aromatic carbocycles. The second kappa shape index (κ2) is 8.97. The Morgan fingerprint density at radius 1 is 1.38 bits per heavy atom. The van der Waals surface area contributed by atoms with Gasteiger partial charge in [0, 0.05) is 18.2 Å². The molecule has 0 saturated heterocycles. The lowest BCUT2D eigenvalue weighted by molar-refractivity contribution is -0.146. The first-order valence-corrected chi connectivity index (χ1v) is 6.73. The van der Waals surface area contributed by atoms with Crippen molar-refractivity contribution in [3.8, 4) is 0 Å². The zero-order chi connectivity index (χ0) is 15.7. The summed E-state index contributed by atoms with van der Waals surface area (Å²) >= 11 is 0. The highest BCUT2D eigenvalue weighted by molar-refractivity contribution is 5.70. The van der Waals surface area contributed by atoms with Crippen LogP contribution >= 0.6 is 0 Å². The van der Waals surface area contributed by atoms with Crippen LogP contribution in [-0.4, -0.2) is 43.4 Å². The monoisotopic (exact) mass is 295 g/mol. The molecule has 1 unspecified atom stereocenters. The molecule has 1 aromatic rings. The quantitative estimate of drug-likeness (QED) is 0.674. The lowest BCUT2D eigenvalue weighted by atomic mass is 10.1. The maximum atomic E-state index is 10.9. The first-order valence-electron chi connectivity index (χ1n) is 6.73. The van der Waals surface area contributed by atoms with Gasteiger partial charge in [-0.25, -0.2) is 4.79 Å². The number of hydrogen-bond donors (Lipinski definition) is 2. The Morgan fingerprint density at radius 2 is 2.14 bits per heavy atom. The molecule has 0 fully saturated rings. The van der Waals surface area contributed by atoms with Gasteiger partial charge in [-0.2, -0.15) is 0 Å². The summed E-state index contributed by atoms with van der Waals surface area (Å²) < 4.78 is 9.69. The molecule has 0 aromatic heterocycles. The number of carbonyl (C=O) groups excluding carboxylic acids is 1. The molecule has 0 aliphatic heterocycles. The third kappa shape index (κ3) is 7.31. The number of aliphatic carboxylic acids is 1. The van der Waals surface area contributed by atoms with Crippen LogP contribution < -0.4 is 5.32 Å². The summed E-state index contributed by atoms with van der Waals surface area (Å²) in [4.78, 5) is 21.5. The molecule has 0 heterocycles. The number of hydrogen-bond acceptors (Lipinski definition) is 5. The third-order valence-corrected chi connectivity index (χ3v) is 2.78. The SMILES string of the molecule is COC(=O)COCC(C)Nc1cccc(CCC(=O)O)c1. The van der Waals surface area contributed by atoms with Gasteiger partial charge < -0.3 is 19.9 Å². The van der Waals surface area contributed by atoms with Gasteiger partial charge in [0.1, 0.15) is 6.61 Å². The van der Waals surface area contributed by atoms with Gasteiger partial charge in [0.05, 0.1) is 13.7 Å². The zero-order valence-corrected chi connectivity index (χ0v) is 12.3. The van der Waals surface area contributed by atoms with Crippen molar-refractivity contribution in [3.05, 3.63) is 29.8 Å². The topological polar surface area (TPSA) is 84.9 Å². The van der Waals surface area contributed by atoms with Crippen molar-refractivity contribution >= 4 is 17.6 Å². The Labute approximate surface area is 124 Å². The van der Waals surface area contributed by atoms with Gasteiger partial charge in [0.2, 0.25) is 0 Å². The third-order valence-electron chi connectivity index (χ3n) is 2.78. The summed E-state index contributed by atoms with van der Waals surface area (Å²) in [6.07, 6.45) is 0.610. The van der Waals surface area contributed by atoms with E-state index in [0.717, 1.165) is 11.3 Å². The van der Waals surface area contributed by atoms with E-state index in [-0.39, 0.29) is 19.1 Å². The van der Waals surface area contributed by atoms with Crippen LogP contribution in [0.25, 0.3) is 0 Å². The number of carbonyl (C=O) groups is 2. The Morgan fingerprint density at radius 3 is 2.81 bits per heavy atom. The van der Waals surface area contributed by atoms with Gasteiger partial charge >= 0.3 is 11.9 Å². The summed E-state index contributed by atoms with van der Waals surface area (Å²) in [5.41, 5.74) is 1.86. The van der Waals surface area contributed by atoms with Crippen molar-refractivity contribution in [2.24, 2.45) is 0 Å². The van der Waals surface area contributed by atoms with Crippen LogP contribution in [0.3, 0.4) is 0 Å². The molecular formula is C15H21NO5. The minimum Gasteiger partial charge on any atom is -0.481 e. The van der Waals surface area contributed by atoms with Crippen molar-refractivity contribution < 1.29 is 24.2 Å². The smallest absolute Gasteiger partial charge is 0.331 e. The minimum atomic E-state index is -0.807. The number of methoxy groups -OCH3 is 1. The molecule has 2 N–H and O–H groups in total. The largest absolute Gasteiger partial charge is 0.481 e. The number of rotatable bonds is 9. The number of nitrogens with one attached hydrogen (secondary N) is 1. The Bertz CT molecular complexity index is 475. The zero-order valence-electron chi connectivity index (χ0n) is 12.3. The predicted octanol–water partition coefficient (Wildman–Crippen LogP) is 1.69. The molecule has 6 nitrogen and oxygen atoms in total. The van der Waals surface area contributed by atoms with Crippen LogP contribution in [0.2, 0.25) is 0 Å². The number of esters is 1. The molecule has 0 saturated carbocycles. The number of aryl methyl sites for hydroxylation is 1. The molecule has 0 radical (unpaired) electrons. The molecule has 1 atom stereocenters. The Hall–Kier alpha value is -2.08. The molecule has 0 amide bonds. The van der Waals surface area contributed by atoms with E-state index in [4.69, 9.17) is 9.84 Å². The van der Waals surface area contributed by atoms with Crippen LogP contribution in [0, 0.1) is 0 Å². The summed E-state index contributed by atoms with van der Waals surface area (Å²) in [7, 11) is 1.32. The van der Waals surface area contributed by atoms with E-state index in [1.165, 1.54) is 7.11 Å². The van der Waals surface area contributed by atoms with Crippen molar-refractivity contribution in [2.75, 3.05) is 25.6 Å². The van der Waals surface area contributed by atoms with Gasteiger partial charge in [0.25, 0.3) is 0 Å². The van der Waals surface area contributed by atoms with Crippen LogP contribution in [0.15, 0.2) is 24.3 Å². The summed E-state index contributed by atoms with van der Waals surface area (Å²) in [5.74, 6) is -1.21. The number of ether oxygens (including phenoxy) is 2. The first kappa shape index (κ1) is 17.0. The number of carboxylic acid groups (broad SMARTS) is 1. The van der Waals surface area contributed by atoms with E-state index in [2.05, 4.69) is 10.1 Å². The highest BCUT2D eigenvalue weighted by atomic mass is 16.6. The van der Waals surface area contributed by atoms with Crippen LogP contribution in [0.4, 0.5) is 5.69 Å². The van der Waals surface area contributed by atoms with Crippen LogP contribution in [-0.2, 0) is 25.5 Å². The lowest BCUT2D eigenvalue weighted by Gasteiger charge is -2.15. The number of carboxylic acids is 1. The van der Waals surface area contributed by atoms with E-state index in [0.29, 0.717) is 13.0 Å². The molecule has 0 spiro atoms. The van der Waals surface area contributed by atoms with Gasteiger partial charge in [-0.15, -0.1) is 0 Å². The first-order chi connectivity index (χ1) is 10.0. The molecule has 1 rings (SSSR count). The molecular weight excluding hydrogens is 274 g/mol. The van der Waals surface area contributed by atoms with Crippen LogP contribution in [0.5, 0.6) is 0 Å². The summed E-state index contributed by atoms with van der Waals surface area (Å²) in [6, 6.07) is 7.61. The second-order valence-electron chi connectivity index (χ2n) is 4.73. The summed E-state index contributed by atoms with van der Waals surface area (Å²) in [5, 5.41) is 11.9. The van der Waals surface area contributed by atoms with Crippen molar-refractivity contribution in [2.45, 2.75) is 25.8 Å². The highest BCUT2D eigenvalue weighted by Crippen LogP contribution is 2.13. The molecule has 21 heavy (non-hydrogen) atoms. The molecule has 0 aliphatic carbocycles. The minimum absolute atomic E-state index is 0.0179. The van der Waals surface area contributed by atoms with Gasteiger partial charge in [0.15, 0.2) is 0 Å². The predicted molar refractivity (Wildman–Crippen MR) is 78.3 cm³/mol. The molecule has 6 heteroatoms. The number of anilines is 1. The van der Waals surface area contributed by atoms with Crippen molar-refractivity contribution in [1.29, 1.82) is 0 Å².